The molecule has 9 heteroatoms. The summed E-state index contributed by atoms with van der Waals surface area (Å²) in [6.07, 6.45) is 1.17. The predicted molar refractivity (Wildman–Crippen MR) is 128 cm³/mol. The lowest BCUT2D eigenvalue weighted by molar-refractivity contribution is 0.0971. The van der Waals surface area contributed by atoms with Gasteiger partial charge in [-0.25, -0.2) is 13.4 Å². The number of fused-ring (bicyclic) bond motifs is 2. The Morgan fingerprint density at radius 1 is 1.03 bits per heavy atom. The summed E-state index contributed by atoms with van der Waals surface area (Å²) in [5.74, 6) is 1.51. The van der Waals surface area contributed by atoms with Crippen LogP contribution in [0.1, 0.15) is 33.1 Å². The Morgan fingerprint density at radius 3 is 2.59 bits per heavy atom. The number of hydrogen-bond acceptors (Lipinski definition) is 6. The molecule has 0 bridgehead atoms. The molecule has 0 saturated heterocycles. The van der Waals surface area contributed by atoms with Crippen LogP contribution >= 0.6 is 0 Å². The van der Waals surface area contributed by atoms with Crippen LogP contribution in [0.15, 0.2) is 48.5 Å². The van der Waals surface area contributed by atoms with Crippen molar-refractivity contribution in [3.05, 3.63) is 76.9 Å². The normalized spacial score (nSPS) is 13.0. The summed E-state index contributed by atoms with van der Waals surface area (Å²) in [5, 5.41) is 0. The molecule has 0 aliphatic carbocycles. The van der Waals surface area contributed by atoms with Crippen LogP contribution in [-0.4, -0.2) is 41.4 Å². The average Bonchev–Trinajstić information content (AvgIpc) is 3.45. The zero-order valence-electron chi connectivity index (χ0n) is 19.2. The van der Waals surface area contributed by atoms with E-state index >= 15 is 0 Å². The highest BCUT2D eigenvalue weighted by molar-refractivity contribution is 7.89. The van der Waals surface area contributed by atoms with Crippen LogP contribution in [-0.2, 0) is 28.7 Å². The third kappa shape index (κ3) is 4.19. The fourth-order valence-corrected chi connectivity index (χ4v) is 5.11. The van der Waals surface area contributed by atoms with E-state index in [1.165, 1.54) is 6.26 Å². The monoisotopic (exact) mass is 479 g/mol. The largest absolute Gasteiger partial charge is 0.454 e. The van der Waals surface area contributed by atoms with Crippen molar-refractivity contribution in [3.63, 3.8) is 0 Å². The third-order valence-corrected chi connectivity index (χ3v) is 6.86. The lowest BCUT2D eigenvalue weighted by atomic mass is 10.1. The lowest BCUT2D eigenvalue weighted by Gasteiger charge is -2.11. The zero-order chi connectivity index (χ0) is 24.0. The maximum absolute atomic E-state index is 13.4. The van der Waals surface area contributed by atoms with Crippen LogP contribution < -0.4 is 9.47 Å². The number of imidazole rings is 1. The number of ketones is 1. The number of carbonyl (C=O) groups excluding carboxylic acids is 1. The Balaban J connectivity index is 1.45. The highest BCUT2D eigenvalue weighted by Crippen LogP contribution is 2.33. The fourth-order valence-electron chi connectivity index (χ4n) is 4.42. The van der Waals surface area contributed by atoms with Crippen molar-refractivity contribution in [3.8, 4) is 11.5 Å². The molecule has 0 N–H and O–H groups in total. The van der Waals surface area contributed by atoms with E-state index in [0.717, 1.165) is 34.0 Å². The molecule has 4 aromatic rings. The number of Topliss-reactive ketones (excluding diaryl/α,β-unsaturated/α-hetero) is 1. The molecule has 0 amide bonds. The van der Waals surface area contributed by atoms with E-state index in [1.54, 1.807) is 4.57 Å². The Kier molecular flexibility index (Phi) is 5.44. The first kappa shape index (κ1) is 22.2. The Hall–Kier alpha value is -3.59. The van der Waals surface area contributed by atoms with Gasteiger partial charge in [0.2, 0.25) is 6.79 Å². The number of nitrogens with zero attached hydrogens (tertiary/aromatic N) is 3. The van der Waals surface area contributed by atoms with Crippen molar-refractivity contribution in [2.75, 3.05) is 13.0 Å². The van der Waals surface area contributed by atoms with Gasteiger partial charge in [-0.1, -0.05) is 18.2 Å². The van der Waals surface area contributed by atoms with Gasteiger partial charge in [-0.15, -0.1) is 0 Å². The molecule has 0 radical (unpaired) electrons. The smallest absolute Gasteiger partial charge is 0.231 e. The maximum atomic E-state index is 13.4. The molecule has 2 aromatic heterocycles. The molecule has 0 unspecified atom stereocenters. The first-order chi connectivity index (χ1) is 16.2. The second-order valence-corrected chi connectivity index (χ2v) is 10.8. The van der Waals surface area contributed by atoms with Crippen molar-refractivity contribution in [2.24, 2.45) is 0 Å². The van der Waals surface area contributed by atoms with E-state index in [1.807, 2.05) is 62.4 Å². The van der Waals surface area contributed by atoms with Gasteiger partial charge in [0.05, 0.1) is 17.6 Å². The molecule has 8 nitrogen and oxygen atoms in total. The minimum Gasteiger partial charge on any atom is -0.454 e. The molecule has 1 aliphatic rings. The van der Waals surface area contributed by atoms with Crippen LogP contribution in [0, 0.1) is 13.8 Å². The molecule has 34 heavy (non-hydrogen) atoms. The van der Waals surface area contributed by atoms with Crippen molar-refractivity contribution in [1.82, 2.24) is 14.1 Å². The number of carbonyl (C=O) groups is 1. The Bertz CT molecular complexity index is 1530. The van der Waals surface area contributed by atoms with E-state index in [4.69, 9.17) is 9.47 Å². The van der Waals surface area contributed by atoms with E-state index in [9.17, 15) is 13.2 Å². The second kappa shape index (κ2) is 8.32. The van der Waals surface area contributed by atoms with Gasteiger partial charge in [-0.05, 0) is 49.7 Å². The Morgan fingerprint density at radius 2 is 1.79 bits per heavy atom. The van der Waals surface area contributed by atoms with Crippen molar-refractivity contribution in [2.45, 2.75) is 32.7 Å². The molecule has 3 heterocycles. The summed E-state index contributed by atoms with van der Waals surface area (Å²) in [6.45, 7) is 4.73. The molecular weight excluding hydrogens is 454 g/mol. The van der Waals surface area contributed by atoms with Crippen molar-refractivity contribution in [1.29, 1.82) is 0 Å². The molecule has 0 fully saturated rings. The average molecular weight is 480 g/mol. The number of hydrogen-bond donors (Lipinski definition) is 0. The summed E-state index contributed by atoms with van der Waals surface area (Å²) in [5.41, 5.74) is 4.88. The second-order valence-electron chi connectivity index (χ2n) is 8.65. The van der Waals surface area contributed by atoms with Gasteiger partial charge in [-0.2, -0.15) is 0 Å². The summed E-state index contributed by atoms with van der Waals surface area (Å²) >= 11 is 0. The Labute approximate surface area is 197 Å². The zero-order valence-corrected chi connectivity index (χ0v) is 20.1. The van der Waals surface area contributed by atoms with Crippen molar-refractivity contribution >= 4 is 26.7 Å². The van der Waals surface area contributed by atoms with Crippen LogP contribution in [0.25, 0.3) is 11.0 Å². The molecule has 0 atom stereocenters. The molecule has 2 aromatic carbocycles. The highest BCUT2D eigenvalue weighted by Gasteiger charge is 2.21. The van der Waals surface area contributed by atoms with E-state index in [-0.39, 0.29) is 24.9 Å². The molecule has 5 rings (SSSR count). The number of benzene rings is 2. The molecule has 0 saturated carbocycles. The van der Waals surface area contributed by atoms with Gasteiger partial charge in [0.25, 0.3) is 0 Å². The van der Waals surface area contributed by atoms with Gasteiger partial charge in [0.1, 0.15) is 11.6 Å². The summed E-state index contributed by atoms with van der Waals surface area (Å²) in [4.78, 5) is 17.9. The van der Waals surface area contributed by atoms with Gasteiger partial charge in [0, 0.05) is 29.8 Å². The number of ether oxygens (including phenoxy) is 2. The number of para-hydroxylation sites is 2. The van der Waals surface area contributed by atoms with Crippen LogP contribution in [0.2, 0.25) is 0 Å². The SMILES string of the molecule is Cc1cc(C(=O)Cn2c(CS(C)(=O)=O)nc3ccccc32)c(C)n1Cc1ccc2c(c1)OCO2. The van der Waals surface area contributed by atoms with E-state index in [0.29, 0.717) is 23.4 Å². The highest BCUT2D eigenvalue weighted by atomic mass is 32.2. The summed E-state index contributed by atoms with van der Waals surface area (Å²) in [6, 6.07) is 15.1. The quantitative estimate of drug-likeness (QED) is 0.376. The molecule has 1 aliphatic heterocycles. The van der Waals surface area contributed by atoms with Crippen LogP contribution in [0.4, 0.5) is 0 Å². The first-order valence-electron chi connectivity index (χ1n) is 10.9. The summed E-state index contributed by atoms with van der Waals surface area (Å²) in [7, 11) is -3.32. The minimum atomic E-state index is -3.32. The molecule has 176 valence electrons. The topological polar surface area (TPSA) is 92.4 Å². The van der Waals surface area contributed by atoms with Gasteiger partial charge >= 0.3 is 0 Å². The summed E-state index contributed by atoms with van der Waals surface area (Å²) < 4.78 is 38.6. The standard InChI is InChI=1S/C25H25N3O5S/c1-16-10-19(17(2)27(16)12-18-8-9-23-24(11-18)33-15-32-23)22(29)13-28-21-7-5-4-6-20(21)26-25(28)14-34(3,30)31/h4-11H,12-15H2,1-3H3. The lowest BCUT2D eigenvalue weighted by Crippen LogP contribution is -2.16. The van der Waals surface area contributed by atoms with Crippen LogP contribution in [0.5, 0.6) is 11.5 Å². The number of aromatic nitrogens is 3. The molecule has 0 spiro atoms. The predicted octanol–water partition coefficient (Wildman–Crippen LogP) is 3.66. The van der Waals surface area contributed by atoms with Gasteiger partial charge in [0.15, 0.2) is 27.1 Å². The van der Waals surface area contributed by atoms with Crippen molar-refractivity contribution < 1.29 is 22.7 Å². The maximum Gasteiger partial charge on any atom is 0.231 e. The minimum absolute atomic E-state index is 0.0136. The third-order valence-electron chi connectivity index (χ3n) is 6.08. The van der Waals surface area contributed by atoms with Crippen LogP contribution in [0.3, 0.4) is 0 Å². The number of aryl methyl sites for hydroxylation is 1. The number of sulfone groups is 1. The van der Waals surface area contributed by atoms with E-state index in [2.05, 4.69) is 9.55 Å². The number of rotatable bonds is 7. The molecular formula is C25H25N3O5S. The van der Waals surface area contributed by atoms with E-state index < -0.39 is 9.84 Å². The van der Waals surface area contributed by atoms with Gasteiger partial charge in [-0.3, -0.25) is 4.79 Å². The fraction of sp³-hybridized carbons (Fsp3) is 0.280. The first-order valence-corrected chi connectivity index (χ1v) is 13.0. The van der Waals surface area contributed by atoms with Gasteiger partial charge < -0.3 is 18.6 Å².